The Balaban J connectivity index is 1.83. The first kappa shape index (κ1) is 15.7. The fourth-order valence-corrected chi connectivity index (χ4v) is 2.94. The fourth-order valence-electron chi connectivity index (χ4n) is 2.94. The van der Waals surface area contributed by atoms with Gasteiger partial charge in [0.15, 0.2) is 0 Å². The van der Waals surface area contributed by atoms with E-state index in [-0.39, 0.29) is 23.1 Å². The van der Waals surface area contributed by atoms with Crippen molar-refractivity contribution in [1.82, 2.24) is 5.32 Å². The summed E-state index contributed by atoms with van der Waals surface area (Å²) in [4.78, 5) is 12.3. The molecule has 2 unspecified atom stereocenters. The molecule has 0 spiro atoms. The van der Waals surface area contributed by atoms with Crippen LogP contribution in [0.4, 0.5) is 4.39 Å². The van der Waals surface area contributed by atoms with Crippen LogP contribution in [-0.4, -0.2) is 12.5 Å². The van der Waals surface area contributed by atoms with E-state index < -0.39 is 0 Å². The number of nitrogens with one attached hydrogen (secondary N) is 1. The molecule has 1 aliphatic rings. The molecule has 0 saturated heterocycles. The first-order valence-electron chi connectivity index (χ1n) is 7.49. The van der Waals surface area contributed by atoms with Gasteiger partial charge in [0.2, 0.25) is 5.91 Å². The van der Waals surface area contributed by atoms with Crippen molar-refractivity contribution in [1.29, 1.82) is 0 Å². The topological polar surface area (TPSA) is 29.1 Å². The smallest absolute Gasteiger partial charge is 0.224 e. The zero-order valence-corrected chi connectivity index (χ0v) is 13.2. The van der Waals surface area contributed by atoms with Crippen molar-refractivity contribution in [2.45, 2.75) is 34.1 Å². The minimum atomic E-state index is -0.230. The van der Waals surface area contributed by atoms with Gasteiger partial charge in [-0.25, -0.2) is 4.39 Å². The van der Waals surface area contributed by atoms with E-state index in [0.717, 1.165) is 12.0 Å². The number of allylic oxidation sites excluding steroid dienone is 2. The third-order valence-electron chi connectivity index (χ3n) is 4.33. The van der Waals surface area contributed by atoms with Crippen LogP contribution in [0.3, 0.4) is 0 Å². The van der Waals surface area contributed by atoms with Crippen LogP contribution in [0.5, 0.6) is 0 Å². The number of hydrogen-bond donors (Lipinski definition) is 1. The predicted octanol–water partition coefficient (Wildman–Crippen LogP) is 3.72. The normalized spacial score (nSPS) is 22.5. The van der Waals surface area contributed by atoms with Gasteiger partial charge < -0.3 is 5.32 Å². The lowest BCUT2D eigenvalue weighted by atomic mass is 10.1. The van der Waals surface area contributed by atoms with Crippen LogP contribution in [0.15, 0.2) is 35.9 Å². The van der Waals surface area contributed by atoms with Crippen molar-refractivity contribution in [3.63, 3.8) is 0 Å². The Bertz CT molecular complexity index is 541. The molecule has 1 aromatic carbocycles. The summed E-state index contributed by atoms with van der Waals surface area (Å²) in [5.74, 6) is 0.311. The van der Waals surface area contributed by atoms with Crippen molar-refractivity contribution in [2.75, 3.05) is 6.54 Å². The zero-order chi connectivity index (χ0) is 15.6. The van der Waals surface area contributed by atoms with Gasteiger partial charge in [0.05, 0.1) is 5.92 Å². The molecule has 0 bridgehead atoms. The van der Waals surface area contributed by atoms with Gasteiger partial charge in [-0.05, 0) is 49.3 Å². The van der Waals surface area contributed by atoms with Gasteiger partial charge in [0.1, 0.15) is 5.82 Å². The molecule has 0 heterocycles. The molecule has 21 heavy (non-hydrogen) atoms. The summed E-state index contributed by atoms with van der Waals surface area (Å²) in [5, 5.41) is 3.00. The van der Waals surface area contributed by atoms with Gasteiger partial charge in [-0.2, -0.15) is 0 Å². The van der Waals surface area contributed by atoms with Gasteiger partial charge in [-0.1, -0.05) is 37.6 Å². The molecule has 1 saturated carbocycles. The summed E-state index contributed by atoms with van der Waals surface area (Å²) < 4.78 is 12.8. The molecule has 3 heteroatoms. The lowest BCUT2D eigenvalue weighted by Crippen LogP contribution is -2.28. The van der Waals surface area contributed by atoms with E-state index in [1.165, 1.54) is 17.7 Å². The van der Waals surface area contributed by atoms with Crippen molar-refractivity contribution >= 4 is 5.91 Å². The number of halogens is 1. The van der Waals surface area contributed by atoms with Crippen LogP contribution in [0.1, 0.15) is 33.3 Å². The Kier molecular flexibility index (Phi) is 4.50. The highest BCUT2D eigenvalue weighted by atomic mass is 19.1. The summed E-state index contributed by atoms with van der Waals surface area (Å²) in [7, 11) is 0. The van der Waals surface area contributed by atoms with E-state index in [9.17, 15) is 9.18 Å². The van der Waals surface area contributed by atoms with Crippen LogP contribution in [-0.2, 0) is 11.2 Å². The molecular formula is C18H24FNO. The van der Waals surface area contributed by atoms with E-state index in [1.54, 1.807) is 12.1 Å². The molecule has 0 aromatic heterocycles. The number of hydrogen-bond acceptors (Lipinski definition) is 1. The maximum atomic E-state index is 12.8. The van der Waals surface area contributed by atoms with E-state index in [0.29, 0.717) is 12.5 Å². The summed E-state index contributed by atoms with van der Waals surface area (Å²) in [6.07, 6.45) is 2.93. The van der Waals surface area contributed by atoms with E-state index in [1.807, 2.05) is 0 Å². The van der Waals surface area contributed by atoms with Gasteiger partial charge in [-0.3, -0.25) is 4.79 Å². The average molecular weight is 289 g/mol. The molecular weight excluding hydrogens is 265 g/mol. The van der Waals surface area contributed by atoms with Crippen LogP contribution in [0.2, 0.25) is 0 Å². The second-order valence-corrected chi connectivity index (χ2v) is 6.74. The Labute approximate surface area is 126 Å². The first-order valence-corrected chi connectivity index (χ1v) is 7.49. The van der Waals surface area contributed by atoms with Crippen molar-refractivity contribution in [3.05, 3.63) is 47.3 Å². The molecule has 1 amide bonds. The highest BCUT2D eigenvalue weighted by molar-refractivity contribution is 5.83. The highest BCUT2D eigenvalue weighted by Gasteiger charge is 2.60. The number of carbonyl (C=O) groups is 1. The quantitative estimate of drug-likeness (QED) is 0.822. The predicted molar refractivity (Wildman–Crippen MR) is 83.3 cm³/mol. The number of rotatable bonds is 5. The highest BCUT2D eigenvalue weighted by Crippen LogP contribution is 2.59. The van der Waals surface area contributed by atoms with E-state index in [4.69, 9.17) is 0 Å². The van der Waals surface area contributed by atoms with Crippen LogP contribution in [0, 0.1) is 23.1 Å². The molecule has 0 aliphatic heterocycles. The first-order chi connectivity index (χ1) is 9.82. The third-order valence-corrected chi connectivity index (χ3v) is 4.33. The number of carbonyl (C=O) groups excluding carboxylic acids is 1. The van der Waals surface area contributed by atoms with Gasteiger partial charge in [0, 0.05) is 6.54 Å². The fraction of sp³-hybridized carbons (Fsp3) is 0.500. The van der Waals surface area contributed by atoms with E-state index in [2.05, 4.69) is 39.1 Å². The van der Waals surface area contributed by atoms with Gasteiger partial charge >= 0.3 is 0 Å². The summed E-state index contributed by atoms with van der Waals surface area (Å²) in [6, 6.07) is 6.42. The second kappa shape index (κ2) is 6.00. The molecule has 1 fully saturated rings. The molecule has 1 N–H and O–H groups in total. The average Bonchev–Trinajstić information content (AvgIpc) is 2.92. The lowest BCUT2D eigenvalue weighted by Gasteiger charge is -2.06. The summed E-state index contributed by atoms with van der Waals surface area (Å²) in [5.41, 5.74) is 2.35. The standard InChI is InChI=1S/C18H24FNO/c1-12(2)11-15-16(18(15,3)4)17(21)20-10-9-13-5-7-14(19)8-6-13/h5-8,11,15-16H,9-10H2,1-4H3,(H,20,21). The molecule has 2 atom stereocenters. The van der Waals surface area contributed by atoms with Crippen molar-refractivity contribution in [3.8, 4) is 0 Å². The minimum Gasteiger partial charge on any atom is -0.355 e. The zero-order valence-electron chi connectivity index (χ0n) is 13.2. The molecule has 1 aromatic rings. The minimum absolute atomic E-state index is 0.0528. The second-order valence-electron chi connectivity index (χ2n) is 6.74. The number of amides is 1. The van der Waals surface area contributed by atoms with Crippen molar-refractivity contribution < 1.29 is 9.18 Å². The monoisotopic (exact) mass is 289 g/mol. The van der Waals surface area contributed by atoms with Crippen LogP contribution in [0.25, 0.3) is 0 Å². The molecule has 2 nitrogen and oxygen atoms in total. The lowest BCUT2D eigenvalue weighted by molar-refractivity contribution is -0.123. The Morgan fingerprint density at radius 2 is 1.90 bits per heavy atom. The Morgan fingerprint density at radius 3 is 2.48 bits per heavy atom. The molecule has 114 valence electrons. The molecule has 1 aliphatic carbocycles. The maximum Gasteiger partial charge on any atom is 0.224 e. The summed E-state index contributed by atoms with van der Waals surface area (Å²) in [6.45, 7) is 9.01. The third kappa shape index (κ3) is 3.72. The maximum absolute atomic E-state index is 12.8. The molecule has 2 rings (SSSR count). The Hall–Kier alpha value is -1.64. The van der Waals surface area contributed by atoms with Gasteiger partial charge in [0.25, 0.3) is 0 Å². The summed E-state index contributed by atoms with van der Waals surface area (Å²) >= 11 is 0. The molecule has 0 radical (unpaired) electrons. The van der Waals surface area contributed by atoms with Crippen LogP contribution >= 0.6 is 0 Å². The van der Waals surface area contributed by atoms with Gasteiger partial charge in [-0.15, -0.1) is 0 Å². The van der Waals surface area contributed by atoms with Crippen molar-refractivity contribution in [2.24, 2.45) is 17.3 Å². The largest absolute Gasteiger partial charge is 0.355 e. The number of benzene rings is 1. The van der Waals surface area contributed by atoms with E-state index >= 15 is 0 Å². The van der Waals surface area contributed by atoms with Crippen LogP contribution < -0.4 is 5.32 Å². The Morgan fingerprint density at radius 1 is 1.29 bits per heavy atom. The SMILES string of the molecule is CC(C)=CC1C(C(=O)NCCc2ccc(F)cc2)C1(C)C.